The molecule has 0 fully saturated rings. The number of esters is 1. The van der Waals surface area contributed by atoms with Gasteiger partial charge >= 0.3 is 30.2 Å². The SMILES string of the molecule is O=C(OCC(F)(F)C(F)(F)C(F)(F)C(F)F)c1ccccc1F. The van der Waals surface area contributed by atoms with Crippen molar-refractivity contribution in [1.82, 2.24) is 0 Å². The van der Waals surface area contributed by atoms with Crippen molar-refractivity contribution >= 4 is 5.97 Å². The Hall–Kier alpha value is -1.94. The minimum Gasteiger partial charge on any atom is -0.455 e. The molecule has 1 rings (SSSR count). The Bertz CT molecular complexity index is 571. The van der Waals surface area contributed by atoms with E-state index in [2.05, 4.69) is 4.74 Å². The summed E-state index contributed by atoms with van der Waals surface area (Å²) in [6.07, 6.45) is -5.08. The molecular weight excluding hydrogens is 347 g/mol. The van der Waals surface area contributed by atoms with Gasteiger partial charge in [0.1, 0.15) is 5.82 Å². The second-order valence-electron chi connectivity index (χ2n) is 4.26. The van der Waals surface area contributed by atoms with Gasteiger partial charge in [-0.25, -0.2) is 18.0 Å². The molecule has 0 bridgehead atoms. The molecule has 0 radical (unpaired) electrons. The quantitative estimate of drug-likeness (QED) is 0.567. The van der Waals surface area contributed by atoms with Crippen molar-refractivity contribution in [3.8, 4) is 0 Å². The van der Waals surface area contributed by atoms with E-state index < -0.39 is 48.1 Å². The number of rotatable bonds is 6. The second-order valence-corrected chi connectivity index (χ2v) is 4.26. The molecule has 0 saturated carbocycles. The lowest BCUT2D eigenvalue weighted by Gasteiger charge is -2.31. The lowest BCUT2D eigenvalue weighted by atomic mass is 10.1. The summed E-state index contributed by atoms with van der Waals surface area (Å²) in [7, 11) is 0. The first kappa shape index (κ1) is 19.1. The Labute approximate surface area is 122 Å². The number of hydrogen-bond acceptors (Lipinski definition) is 2. The average Bonchev–Trinajstić information content (AvgIpc) is 2.44. The van der Waals surface area contributed by atoms with E-state index in [9.17, 15) is 44.3 Å². The maximum atomic E-state index is 13.1. The third kappa shape index (κ3) is 3.53. The molecule has 1 aromatic carbocycles. The van der Waals surface area contributed by atoms with Crippen LogP contribution in [-0.4, -0.2) is 36.8 Å². The highest BCUT2D eigenvalue weighted by Gasteiger charge is 2.75. The number of ether oxygens (including phenoxy) is 1. The molecule has 1 aromatic rings. The van der Waals surface area contributed by atoms with Gasteiger partial charge in [-0.05, 0) is 12.1 Å². The molecular formula is C12H7F9O2. The third-order valence-corrected chi connectivity index (χ3v) is 2.63. The van der Waals surface area contributed by atoms with E-state index in [1.54, 1.807) is 0 Å². The Morgan fingerprint density at radius 3 is 2.04 bits per heavy atom. The molecule has 0 heterocycles. The van der Waals surface area contributed by atoms with Crippen molar-refractivity contribution in [2.24, 2.45) is 0 Å². The minimum absolute atomic E-state index is 0.717. The van der Waals surface area contributed by atoms with Crippen molar-refractivity contribution in [2.45, 2.75) is 24.2 Å². The summed E-state index contributed by atoms with van der Waals surface area (Å²) in [6.45, 7) is -2.64. The topological polar surface area (TPSA) is 26.3 Å². The Balaban J connectivity index is 2.91. The number of carbonyl (C=O) groups excluding carboxylic acids is 1. The maximum Gasteiger partial charge on any atom is 0.381 e. The van der Waals surface area contributed by atoms with Gasteiger partial charge in [0.25, 0.3) is 0 Å². The van der Waals surface area contributed by atoms with Gasteiger partial charge in [0, 0.05) is 0 Å². The fourth-order valence-corrected chi connectivity index (χ4v) is 1.33. The first-order valence-electron chi connectivity index (χ1n) is 5.68. The first-order valence-corrected chi connectivity index (χ1v) is 5.68. The van der Waals surface area contributed by atoms with Crippen LogP contribution < -0.4 is 0 Å². The lowest BCUT2D eigenvalue weighted by molar-refractivity contribution is -0.343. The van der Waals surface area contributed by atoms with Gasteiger partial charge in [0.15, 0.2) is 6.61 Å². The number of halogens is 9. The van der Waals surface area contributed by atoms with Crippen LogP contribution in [0.2, 0.25) is 0 Å². The zero-order valence-electron chi connectivity index (χ0n) is 10.8. The predicted octanol–water partition coefficient (Wildman–Crippen LogP) is 4.15. The monoisotopic (exact) mass is 354 g/mol. The van der Waals surface area contributed by atoms with Crippen molar-refractivity contribution < 1.29 is 49.0 Å². The highest BCUT2D eigenvalue weighted by atomic mass is 19.4. The van der Waals surface area contributed by atoms with Crippen LogP contribution in [0.15, 0.2) is 24.3 Å². The lowest BCUT2D eigenvalue weighted by Crippen LogP contribution is -2.59. The summed E-state index contributed by atoms with van der Waals surface area (Å²) >= 11 is 0. The molecule has 0 amide bonds. The van der Waals surface area contributed by atoms with Gasteiger partial charge in [0.2, 0.25) is 0 Å². The molecule has 0 spiro atoms. The molecule has 0 N–H and O–H groups in total. The standard InChI is InChI=1S/C12H7F9O2/c13-7-4-2-1-3-6(7)8(22)23-5-10(16,17)12(20,21)11(18,19)9(14)15/h1-4,9H,5H2. The van der Waals surface area contributed by atoms with E-state index >= 15 is 0 Å². The zero-order chi connectivity index (χ0) is 18.1. The average molecular weight is 354 g/mol. The highest BCUT2D eigenvalue weighted by Crippen LogP contribution is 2.48. The summed E-state index contributed by atoms with van der Waals surface area (Å²) in [5.41, 5.74) is -0.924. The van der Waals surface area contributed by atoms with Crippen molar-refractivity contribution in [1.29, 1.82) is 0 Å². The van der Waals surface area contributed by atoms with Crippen LogP contribution in [0.3, 0.4) is 0 Å². The minimum atomic E-state index is -6.50. The van der Waals surface area contributed by atoms with Gasteiger partial charge in [-0.15, -0.1) is 0 Å². The Morgan fingerprint density at radius 2 is 1.57 bits per heavy atom. The summed E-state index contributed by atoms with van der Waals surface area (Å²) in [5.74, 6) is -21.8. The smallest absolute Gasteiger partial charge is 0.381 e. The van der Waals surface area contributed by atoms with Crippen molar-refractivity contribution in [2.75, 3.05) is 6.61 Å². The van der Waals surface area contributed by atoms with Crippen LogP contribution in [0.4, 0.5) is 39.5 Å². The summed E-state index contributed by atoms with van der Waals surface area (Å²) in [6, 6.07) is 3.66. The summed E-state index contributed by atoms with van der Waals surface area (Å²) in [5, 5.41) is 0. The fraction of sp³-hybridized carbons (Fsp3) is 0.417. The predicted molar refractivity (Wildman–Crippen MR) is 57.5 cm³/mol. The molecule has 0 aromatic heterocycles. The van der Waals surface area contributed by atoms with Crippen LogP contribution >= 0.6 is 0 Å². The van der Waals surface area contributed by atoms with Crippen LogP contribution in [-0.2, 0) is 4.74 Å². The van der Waals surface area contributed by atoms with E-state index in [1.807, 2.05) is 0 Å². The fourth-order valence-electron chi connectivity index (χ4n) is 1.33. The Kier molecular flexibility index (Phi) is 5.22. The molecule has 23 heavy (non-hydrogen) atoms. The van der Waals surface area contributed by atoms with Crippen molar-refractivity contribution in [3.05, 3.63) is 35.6 Å². The van der Waals surface area contributed by atoms with Crippen LogP contribution in [0.1, 0.15) is 10.4 Å². The molecule has 0 unspecified atom stereocenters. The van der Waals surface area contributed by atoms with E-state index in [0.29, 0.717) is 6.07 Å². The van der Waals surface area contributed by atoms with E-state index in [0.717, 1.165) is 18.2 Å². The van der Waals surface area contributed by atoms with Crippen LogP contribution in [0.5, 0.6) is 0 Å². The van der Waals surface area contributed by atoms with E-state index in [1.165, 1.54) is 0 Å². The molecule has 0 aliphatic carbocycles. The summed E-state index contributed by atoms with van der Waals surface area (Å²) in [4.78, 5) is 11.2. The zero-order valence-corrected chi connectivity index (χ0v) is 10.8. The van der Waals surface area contributed by atoms with E-state index in [4.69, 9.17) is 0 Å². The molecule has 0 aliphatic rings. The number of hydrogen-bond donors (Lipinski definition) is 0. The number of alkyl halides is 8. The van der Waals surface area contributed by atoms with E-state index in [-0.39, 0.29) is 0 Å². The molecule has 0 aliphatic heterocycles. The maximum absolute atomic E-state index is 13.1. The third-order valence-electron chi connectivity index (χ3n) is 2.63. The number of carbonyl (C=O) groups is 1. The summed E-state index contributed by atoms with van der Waals surface area (Å²) < 4.78 is 118. The molecule has 130 valence electrons. The van der Waals surface area contributed by atoms with Crippen LogP contribution in [0, 0.1) is 5.82 Å². The van der Waals surface area contributed by atoms with Gasteiger partial charge < -0.3 is 4.74 Å². The number of benzene rings is 1. The molecule has 0 saturated heterocycles. The first-order chi connectivity index (χ1) is 10.3. The van der Waals surface area contributed by atoms with Crippen LogP contribution in [0.25, 0.3) is 0 Å². The molecule has 0 atom stereocenters. The van der Waals surface area contributed by atoms with Gasteiger partial charge in [0.05, 0.1) is 5.56 Å². The Morgan fingerprint density at radius 1 is 1.04 bits per heavy atom. The van der Waals surface area contributed by atoms with Crippen molar-refractivity contribution in [3.63, 3.8) is 0 Å². The highest BCUT2D eigenvalue weighted by molar-refractivity contribution is 5.89. The molecule has 2 nitrogen and oxygen atoms in total. The largest absolute Gasteiger partial charge is 0.455 e. The van der Waals surface area contributed by atoms with Gasteiger partial charge in [-0.1, -0.05) is 12.1 Å². The van der Waals surface area contributed by atoms with Gasteiger partial charge in [-0.2, -0.15) is 26.3 Å². The molecule has 11 heteroatoms. The van der Waals surface area contributed by atoms with Gasteiger partial charge in [-0.3, -0.25) is 0 Å². The second kappa shape index (κ2) is 6.28. The normalized spacial score (nSPS) is 13.3.